The lowest BCUT2D eigenvalue weighted by Crippen LogP contribution is -2.58. The summed E-state index contributed by atoms with van der Waals surface area (Å²) in [5, 5.41) is 13.4. The maximum Gasteiger partial charge on any atom is 0.243 e. The molecular weight excluding hydrogens is 684 g/mol. The number of hydrogen-bond acceptors (Lipinski definition) is 9. The molecule has 0 heterocycles. The van der Waals surface area contributed by atoms with Crippen LogP contribution in [0.1, 0.15) is 71.8 Å². The Kier molecular flexibility index (Phi) is 23.8. The summed E-state index contributed by atoms with van der Waals surface area (Å²) in [5.74, 6) is -3.19. The first-order valence-corrected chi connectivity index (χ1v) is 18.4. The van der Waals surface area contributed by atoms with Gasteiger partial charge in [0.2, 0.25) is 35.4 Å². The summed E-state index contributed by atoms with van der Waals surface area (Å²) in [6.07, 6.45) is 5.00. The number of unbranched alkanes of at least 4 members (excludes halogenated alkanes) is 1. The smallest absolute Gasteiger partial charge is 0.243 e. The minimum atomic E-state index is -1.03. The van der Waals surface area contributed by atoms with E-state index in [4.69, 9.17) is 17.2 Å². The minimum absolute atomic E-state index is 0. The Balaban J connectivity index is 0.0000240. The molecule has 0 aliphatic rings. The topological polar surface area (TPSA) is 241 Å². The quantitative estimate of drug-likeness (QED) is 0.0687. The van der Waals surface area contributed by atoms with Crippen LogP contribution in [0.4, 0.5) is 0 Å². The SMILES string of the molecule is CCC(C)C(NC(=O)C(Cc1ccccc1)NC(=O)C(N)CCCCN)C(=O)NCC(=O)NC(CC(C)C)C(=O)NC(CCSC)C(N)=O.Cl. The third-order valence-electron chi connectivity index (χ3n) is 8.07. The summed E-state index contributed by atoms with van der Waals surface area (Å²) in [5.41, 5.74) is 17.9. The molecule has 14 nitrogen and oxygen atoms in total. The molecule has 50 heavy (non-hydrogen) atoms. The average Bonchev–Trinajstić information content (AvgIpc) is 3.06. The molecule has 284 valence electrons. The van der Waals surface area contributed by atoms with Gasteiger partial charge in [0, 0.05) is 6.42 Å². The highest BCUT2D eigenvalue weighted by molar-refractivity contribution is 7.98. The zero-order valence-electron chi connectivity index (χ0n) is 30.0. The molecule has 0 saturated carbocycles. The zero-order valence-corrected chi connectivity index (χ0v) is 31.6. The van der Waals surface area contributed by atoms with E-state index in [1.54, 1.807) is 6.92 Å². The van der Waals surface area contributed by atoms with Crippen LogP contribution in [0, 0.1) is 11.8 Å². The van der Waals surface area contributed by atoms with E-state index in [0.717, 1.165) is 12.0 Å². The Morgan fingerprint density at radius 3 is 1.98 bits per heavy atom. The number of benzene rings is 1. The highest BCUT2D eigenvalue weighted by Crippen LogP contribution is 2.11. The molecule has 1 aromatic carbocycles. The van der Waals surface area contributed by atoms with E-state index < -0.39 is 72.2 Å². The van der Waals surface area contributed by atoms with Gasteiger partial charge in [-0.1, -0.05) is 70.9 Å². The summed E-state index contributed by atoms with van der Waals surface area (Å²) >= 11 is 1.51. The van der Waals surface area contributed by atoms with Gasteiger partial charge in [-0.15, -0.1) is 12.4 Å². The van der Waals surface area contributed by atoms with Gasteiger partial charge >= 0.3 is 0 Å². The number of nitrogens with two attached hydrogens (primary N) is 3. The highest BCUT2D eigenvalue weighted by Gasteiger charge is 2.32. The van der Waals surface area contributed by atoms with Crippen LogP contribution in [0.2, 0.25) is 0 Å². The van der Waals surface area contributed by atoms with Gasteiger partial charge in [-0.25, -0.2) is 0 Å². The summed E-state index contributed by atoms with van der Waals surface area (Å²) in [7, 11) is 0. The van der Waals surface area contributed by atoms with E-state index in [-0.39, 0.29) is 37.1 Å². The van der Waals surface area contributed by atoms with Crippen molar-refractivity contribution in [1.82, 2.24) is 26.6 Å². The van der Waals surface area contributed by atoms with Gasteiger partial charge < -0.3 is 43.8 Å². The summed E-state index contributed by atoms with van der Waals surface area (Å²) in [4.78, 5) is 77.9. The summed E-state index contributed by atoms with van der Waals surface area (Å²) in [6, 6.07) is 4.42. The Bertz CT molecular complexity index is 1210. The lowest BCUT2D eigenvalue weighted by Gasteiger charge is -2.27. The normalized spacial score (nSPS) is 14.5. The van der Waals surface area contributed by atoms with Gasteiger partial charge in [0.05, 0.1) is 12.6 Å². The zero-order chi connectivity index (χ0) is 36.9. The van der Waals surface area contributed by atoms with Crippen molar-refractivity contribution >= 4 is 59.6 Å². The number of primary amides is 1. The third kappa shape index (κ3) is 18.0. The average molecular weight is 743 g/mol. The molecule has 6 unspecified atom stereocenters. The van der Waals surface area contributed by atoms with Crippen LogP contribution in [0.25, 0.3) is 0 Å². The van der Waals surface area contributed by atoms with Crippen molar-refractivity contribution in [2.45, 2.75) is 103 Å². The molecule has 0 spiro atoms. The van der Waals surface area contributed by atoms with Gasteiger partial charge in [-0.05, 0) is 61.6 Å². The van der Waals surface area contributed by atoms with Crippen LogP contribution < -0.4 is 43.8 Å². The Morgan fingerprint density at radius 1 is 0.800 bits per heavy atom. The van der Waals surface area contributed by atoms with Gasteiger partial charge in [-0.3, -0.25) is 28.8 Å². The molecule has 0 radical (unpaired) electrons. The van der Waals surface area contributed by atoms with Crippen molar-refractivity contribution in [2.75, 3.05) is 25.1 Å². The van der Waals surface area contributed by atoms with E-state index >= 15 is 0 Å². The van der Waals surface area contributed by atoms with E-state index in [9.17, 15) is 28.8 Å². The predicted octanol–water partition coefficient (Wildman–Crippen LogP) is 0.493. The minimum Gasteiger partial charge on any atom is -0.368 e. The van der Waals surface area contributed by atoms with Crippen LogP contribution in [0.3, 0.4) is 0 Å². The van der Waals surface area contributed by atoms with Gasteiger partial charge in [-0.2, -0.15) is 11.8 Å². The molecule has 0 fully saturated rings. The number of nitrogens with one attached hydrogen (secondary N) is 5. The number of rotatable bonds is 24. The maximum absolute atomic E-state index is 13.6. The Morgan fingerprint density at radius 2 is 1.42 bits per heavy atom. The largest absolute Gasteiger partial charge is 0.368 e. The fourth-order valence-electron chi connectivity index (χ4n) is 4.95. The lowest BCUT2D eigenvalue weighted by atomic mass is 9.97. The summed E-state index contributed by atoms with van der Waals surface area (Å²) < 4.78 is 0. The second-order valence-electron chi connectivity index (χ2n) is 12.7. The molecule has 0 saturated heterocycles. The number of halogens is 1. The third-order valence-corrected chi connectivity index (χ3v) is 8.71. The number of hydrogen-bond donors (Lipinski definition) is 8. The summed E-state index contributed by atoms with van der Waals surface area (Å²) in [6.45, 7) is 7.44. The lowest BCUT2D eigenvalue weighted by molar-refractivity contribution is -0.134. The molecule has 1 rings (SSSR count). The van der Waals surface area contributed by atoms with Crippen molar-refractivity contribution in [2.24, 2.45) is 29.0 Å². The van der Waals surface area contributed by atoms with E-state index in [1.807, 2.05) is 57.4 Å². The van der Waals surface area contributed by atoms with Crippen molar-refractivity contribution in [3.8, 4) is 0 Å². The predicted molar refractivity (Wildman–Crippen MR) is 200 cm³/mol. The highest BCUT2D eigenvalue weighted by atomic mass is 35.5. The fourth-order valence-corrected chi connectivity index (χ4v) is 5.42. The molecule has 1 aromatic rings. The van der Waals surface area contributed by atoms with E-state index in [1.165, 1.54) is 11.8 Å². The molecule has 0 aromatic heterocycles. The van der Waals surface area contributed by atoms with Crippen molar-refractivity contribution in [3.63, 3.8) is 0 Å². The van der Waals surface area contributed by atoms with Crippen LogP contribution in [0.15, 0.2) is 30.3 Å². The van der Waals surface area contributed by atoms with Crippen LogP contribution in [-0.4, -0.2) is 90.8 Å². The maximum atomic E-state index is 13.6. The molecule has 0 aliphatic carbocycles. The van der Waals surface area contributed by atoms with Crippen LogP contribution in [-0.2, 0) is 35.2 Å². The fraction of sp³-hybridized carbons (Fsp3) is 0.647. The van der Waals surface area contributed by atoms with Crippen molar-refractivity contribution < 1.29 is 28.8 Å². The standard InChI is InChI=1S/C34H58N8O6S.ClH/c1-6-22(4)29(42-33(47)27(19-23-12-8-7-9-13-23)41-31(45)24(36)14-10-11-16-35)34(48)38-20-28(43)39-26(18-21(2)3)32(46)40-25(30(37)44)15-17-49-5;/h7-9,12-13,21-22,24-27,29H,6,10-11,14-20,35-36H2,1-5H3,(H2,37,44)(H,38,48)(H,39,43)(H,40,46)(H,41,45)(H,42,47);1H. The van der Waals surface area contributed by atoms with Crippen molar-refractivity contribution in [3.05, 3.63) is 35.9 Å². The number of thioether (sulfide) groups is 1. The van der Waals surface area contributed by atoms with Crippen LogP contribution in [0.5, 0.6) is 0 Å². The molecule has 6 atom stereocenters. The molecule has 0 bridgehead atoms. The Hall–Kier alpha value is -3.40. The number of carbonyl (C=O) groups excluding carboxylic acids is 6. The van der Waals surface area contributed by atoms with E-state index in [2.05, 4.69) is 26.6 Å². The van der Waals surface area contributed by atoms with Crippen LogP contribution >= 0.6 is 24.2 Å². The van der Waals surface area contributed by atoms with Crippen molar-refractivity contribution in [1.29, 1.82) is 0 Å². The monoisotopic (exact) mass is 742 g/mol. The second-order valence-corrected chi connectivity index (χ2v) is 13.7. The first-order valence-electron chi connectivity index (χ1n) is 17.0. The van der Waals surface area contributed by atoms with Gasteiger partial charge in [0.15, 0.2) is 0 Å². The second kappa shape index (κ2) is 25.5. The molecule has 6 amide bonds. The number of carbonyl (C=O) groups is 6. The first-order chi connectivity index (χ1) is 23.2. The molecule has 16 heteroatoms. The van der Waals surface area contributed by atoms with Gasteiger partial charge in [0.1, 0.15) is 24.2 Å². The van der Waals surface area contributed by atoms with E-state index in [0.29, 0.717) is 38.0 Å². The number of amides is 6. The van der Waals surface area contributed by atoms with Gasteiger partial charge in [0.25, 0.3) is 0 Å². The Labute approximate surface area is 307 Å². The molecule has 11 N–H and O–H groups in total. The first kappa shape index (κ1) is 46.6. The molecular formula is C34H59ClN8O6S. The molecule has 0 aliphatic heterocycles.